The van der Waals surface area contributed by atoms with Crippen molar-refractivity contribution in [2.24, 2.45) is 0 Å². The first-order valence-electron chi connectivity index (χ1n) is 4.36. The van der Waals surface area contributed by atoms with Crippen molar-refractivity contribution in [1.29, 1.82) is 0 Å². The van der Waals surface area contributed by atoms with Gasteiger partial charge in [-0.1, -0.05) is 20.3 Å². The molecule has 0 fully saturated rings. The second kappa shape index (κ2) is 5.72. The van der Waals surface area contributed by atoms with E-state index in [0.717, 1.165) is 6.42 Å². The molecule has 0 aliphatic rings. The van der Waals surface area contributed by atoms with Crippen molar-refractivity contribution >= 4 is 0 Å². The minimum absolute atomic E-state index is 0.432. The van der Waals surface area contributed by atoms with Crippen molar-refractivity contribution in [2.75, 3.05) is 0 Å². The van der Waals surface area contributed by atoms with Gasteiger partial charge >= 0.3 is 0 Å². The summed E-state index contributed by atoms with van der Waals surface area (Å²) in [5, 5.41) is 0. The maximum Gasteiger partial charge on any atom is 0.0550 e. The molecule has 0 amide bonds. The molecule has 1 nitrogen and oxygen atoms in total. The van der Waals surface area contributed by atoms with Gasteiger partial charge in [0.15, 0.2) is 0 Å². The van der Waals surface area contributed by atoms with Crippen LogP contribution in [0.5, 0.6) is 0 Å². The van der Waals surface area contributed by atoms with Crippen LogP contribution < -0.4 is 0 Å². The molecule has 0 bridgehead atoms. The lowest BCUT2D eigenvalue weighted by atomic mass is 10.2. The van der Waals surface area contributed by atoms with Gasteiger partial charge in [0.05, 0.1) is 12.2 Å². The lowest BCUT2D eigenvalue weighted by Crippen LogP contribution is -2.15. The summed E-state index contributed by atoms with van der Waals surface area (Å²) in [6.07, 6.45) is 4.40. The van der Waals surface area contributed by atoms with Crippen LogP contribution in [0.25, 0.3) is 0 Å². The molecule has 1 heteroatoms. The van der Waals surface area contributed by atoms with Gasteiger partial charge in [-0.25, -0.2) is 0 Å². The van der Waals surface area contributed by atoms with Crippen molar-refractivity contribution in [2.45, 2.75) is 59.2 Å². The molecule has 0 aromatic carbocycles. The lowest BCUT2D eigenvalue weighted by Gasteiger charge is -2.16. The molecule has 2 unspecified atom stereocenters. The van der Waals surface area contributed by atoms with Gasteiger partial charge in [-0.15, -0.1) is 0 Å². The summed E-state index contributed by atoms with van der Waals surface area (Å²) in [5.41, 5.74) is 0. The molecule has 0 aliphatic carbocycles. The summed E-state index contributed by atoms with van der Waals surface area (Å²) in [5.74, 6) is 0. The fourth-order valence-corrected chi connectivity index (χ4v) is 0.967. The molecule has 0 aromatic rings. The number of hydrogen-bond acceptors (Lipinski definition) is 1. The average molecular weight is 144 g/mol. The highest BCUT2D eigenvalue weighted by Crippen LogP contribution is 2.06. The van der Waals surface area contributed by atoms with Gasteiger partial charge in [-0.2, -0.15) is 0 Å². The van der Waals surface area contributed by atoms with Crippen LogP contribution >= 0.6 is 0 Å². The molecule has 0 spiro atoms. The maximum atomic E-state index is 5.64. The Bertz CT molecular complexity index is 71.1. The van der Waals surface area contributed by atoms with Crippen LogP contribution in [0.1, 0.15) is 47.0 Å². The van der Waals surface area contributed by atoms with Crippen LogP contribution in [0.4, 0.5) is 0 Å². The van der Waals surface area contributed by atoms with Crippen LogP contribution in [0.15, 0.2) is 0 Å². The van der Waals surface area contributed by atoms with E-state index in [4.69, 9.17) is 4.74 Å². The van der Waals surface area contributed by atoms with E-state index in [1.807, 2.05) is 0 Å². The minimum Gasteiger partial charge on any atom is -0.376 e. The predicted octanol–water partition coefficient (Wildman–Crippen LogP) is 2.99. The molecule has 62 valence electrons. The standard InChI is InChI=1S/C9H20O/c1-5-7-9(4)10-8(3)6-2/h8-9H,5-7H2,1-4H3. The summed E-state index contributed by atoms with van der Waals surface area (Å²) < 4.78 is 5.64. The first-order valence-corrected chi connectivity index (χ1v) is 4.36. The third-order valence-corrected chi connectivity index (χ3v) is 1.73. The van der Waals surface area contributed by atoms with Crippen molar-refractivity contribution < 1.29 is 4.74 Å². The maximum absolute atomic E-state index is 5.64. The van der Waals surface area contributed by atoms with E-state index in [0.29, 0.717) is 12.2 Å². The van der Waals surface area contributed by atoms with E-state index in [1.165, 1.54) is 12.8 Å². The van der Waals surface area contributed by atoms with E-state index < -0.39 is 0 Å². The second-order valence-corrected chi connectivity index (χ2v) is 2.95. The molecule has 0 N–H and O–H groups in total. The highest BCUT2D eigenvalue weighted by molar-refractivity contribution is 4.52. The molecule has 0 saturated carbocycles. The van der Waals surface area contributed by atoms with Gasteiger partial charge in [-0.05, 0) is 26.7 Å². The predicted molar refractivity (Wildman–Crippen MR) is 45.2 cm³/mol. The molecule has 2 atom stereocenters. The van der Waals surface area contributed by atoms with Crippen LogP contribution in [0.3, 0.4) is 0 Å². The summed E-state index contributed by atoms with van der Waals surface area (Å²) in [7, 11) is 0. The van der Waals surface area contributed by atoms with Gasteiger partial charge in [0.1, 0.15) is 0 Å². The Kier molecular flexibility index (Phi) is 5.70. The summed E-state index contributed by atoms with van der Waals surface area (Å²) in [6, 6.07) is 0. The quantitative estimate of drug-likeness (QED) is 0.576. The molecular formula is C9H20O. The number of ether oxygens (including phenoxy) is 1. The summed E-state index contributed by atoms with van der Waals surface area (Å²) >= 11 is 0. The molecule has 0 aromatic heterocycles. The molecule has 0 heterocycles. The smallest absolute Gasteiger partial charge is 0.0550 e. The molecule has 10 heavy (non-hydrogen) atoms. The van der Waals surface area contributed by atoms with Gasteiger partial charge in [0.25, 0.3) is 0 Å². The number of hydrogen-bond donors (Lipinski definition) is 0. The average Bonchev–Trinajstić information content (AvgIpc) is 1.88. The third-order valence-electron chi connectivity index (χ3n) is 1.73. The molecule has 0 saturated heterocycles. The van der Waals surface area contributed by atoms with E-state index >= 15 is 0 Å². The van der Waals surface area contributed by atoms with Crippen molar-refractivity contribution in [3.8, 4) is 0 Å². The minimum atomic E-state index is 0.432. The van der Waals surface area contributed by atoms with Gasteiger partial charge in [-0.3, -0.25) is 0 Å². The van der Waals surface area contributed by atoms with E-state index in [-0.39, 0.29) is 0 Å². The summed E-state index contributed by atoms with van der Waals surface area (Å²) in [4.78, 5) is 0. The zero-order valence-electron chi connectivity index (χ0n) is 7.68. The van der Waals surface area contributed by atoms with Crippen LogP contribution in [-0.2, 0) is 4.74 Å². The zero-order chi connectivity index (χ0) is 7.98. The second-order valence-electron chi connectivity index (χ2n) is 2.95. The Balaban J connectivity index is 3.27. The Morgan fingerprint density at radius 3 is 2.10 bits per heavy atom. The van der Waals surface area contributed by atoms with Gasteiger partial charge in [0.2, 0.25) is 0 Å². The molecule has 0 rings (SSSR count). The van der Waals surface area contributed by atoms with Crippen LogP contribution in [0, 0.1) is 0 Å². The molecular weight excluding hydrogens is 124 g/mol. The molecule has 0 radical (unpaired) electrons. The van der Waals surface area contributed by atoms with E-state index in [1.54, 1.807) is 0 Å². The normalized spacial score (nSPS) is 16.8. The Labute approximate surface area is 64.8 Å². The Morgan fingerprint density at radius 1 is 1.10 bits per heavy atom. The zero-order valence-corrected chi connectivity index (χ0v) is 7.68. The SMILES string of the molecule is CCCC(C)OC(C)CC. The first-order chi connectivity index (χ1) is 4.70. The van der Waals surface area contributed by atoms with Crippen molar-refractivity contribution in [3.05, 3.63) is 0 Å². The fourth-order valence-electron chi connectivity index (χ4n) is 0.967. The van der Waals surface area contributed by atoms with Crippen molar-refractivity contribution in [1.82, 2.24) is 0 Å². The molecule has 0 aliphatic heterocycles. The number of rotatable bonds is 5. The Morgan fingerprint density at radius 2 is 1.70 bits per heavy atom. The van der Waals surface area contributed by atoms with Crippen LogP contribution in [0.2, 0.25) is 0 Å². The fraction of sp³-hybridized carbons (Fsp3) is 1.00. The topological polar surface area (TPSA) is 9.23 Å². The van der Waals surface area contributed by atoms with Crippen LogP contribution in [-0.4, -0.2) is 12.2 Å². The van der Waals surface area contributed by atoms with E-state index in [9.17, 15) is 0 Å². The van der Waals surface area contributed by atoms with E-state index in [2.05, 4.69) is 27.7 Å². The van der Waals surface area contributed by atoms with Gasteiger partial charge in [0, 0.05) is 0 Å². The van der Waals surface area contributed by atoms with Gasteiger partial charge < -0.3 is 4.74 Å². The highest BCUT2D eigenvalue weighted by atomic mass is 16.5. The first kappa shape index (κ1) is 9.96. The lowest BCUT2D eigenvalue weighted by molar-refractivity contribution is 0.00228. The largest absolute Gasteiger partial charge is 0.376 e. The highest BCUT2D eigenvalue weighted by Gasteiger charge is 2.04. The van der Waals surface area contributed by atoms with Crippen molar-refractivity contribution in [3.63, 3.8) is 0 Å². The third kappa shape index (κ3) is 4.80. The Hall–Kier alpha value is -0.0400. The monoisotopic (exact) mass is 144 g/mol. The summed E-state index contributed by atoms with van der Waals surface area (Å²) in [6.45, 7) is 8.63.